The molecule has 0 fully saturated rings. The first-order chi connectivity index (χ1) is 10.6. The zero-order valence-electron chi connectivity index (χ0n) is 11.5. The van der Waals surface area contributed by atoms with Gasteiger partial charge in [0, 0.05) is 0 Å². The molecule has 0 atom stereocenters. The Hall–Kier alpha value is -2.61. The topological polar surface area (TPSA) is 87.3 Å². The number of nitrogens with zero attached hydrogens (tertiary/aromatic N) is 3. The van der Waals surface area contributed by atoms with E-state index in [1.54, 1.807) is 24.3 Å². The average molecular weight is 314 g/mol. The molecule has 3 aliphatic heterocycles. The van der Waals surface area contributed by atoms with Crippen LogP contribution in [0.3, 0.4) is 0 Å². The van der Waals surface area contributed by atoms with E-state index in [0.717, 1.165) is 10.6 Å². The number of hydrogen-bond acceptors (Lipinski definition) is 6. The van der Waals surface area contributed by atoms with E-state index in [1.807, 2.05) is 6.92 Å². The number of benzene rings is 1. The van der Waals surface area contributed by atoms with Gasteiger partial charge in [0.15, 0.2) is 17.3 Å². The molecule has 1 N–H and O–H groups in total. The quantitative estimate of drug-likeness (QED) is 0.802. The van der Waals surface area contributed by atoms with Crippen LogP contribution in [0.5, 0.6) is 11.5 Å². The van der Waals surface area contributed by atoms with Gasteiger partial charge in [-0.05, 0) is 42.5 Å². The molecule has 1 amide bonds. The summed E-state index contributed by atoms with van der Waals surface area (Å²) >= 11 is 1.28. The fraction of sp³-hybridized carbons (Fsp3) is 0.143. The van der Waals surface area contributed by atoms with Crippen molar-refractivity contribution in [2.45, 2.75) is 6.92 Å². The lowest BCUT2D eigenvalue weighted by Gasteiger charge is -2.20. The molecule has 110 valence electrons. The Bertz CT molecular complexity index is 812. The van der Waals surface area contributed by atoms with E-state index in [2.05, 4.69) is 10.1 Å². The Morgan fingerprint density at radius 2 is 2.18 bits per heavy atom. The van der Waals surface area contributed by atoms with Crippen molar-refractivity contribution in [2.75, 3.05) is 6.79 Å². The van der Waals surface area contributed by atoms with Gasteiger partial charge in [-0.2, -0.15) is 15.1 Å². The summed E-state index contributed by atoms with van der Waals surface area (Å²) in [4.78, 5) is 16.1. The molecule has 1 aromatic rings. The zero-order chi connectivity index (χ0) is 15.3. The van der Waals surface area contributed by atoms with Gasteiger partial charge in [0.25, 0.3) is 5.91 Å². The Morgan fingerprint density at radius 1 is 1.36 bits per heavy atom. The summed E-state index contributed by atoms with van der Waals surface area (Å²) in [5.41, 5.74) is 0.935. The second kappa shape index (κ2) is 4.70. The van der Waals surface area contributed by atoms with Crippen LogP contribution >= 0.6 is 11.8 Å². The van der Waals surface area contributed by atoms with E-state index >= 15 is 0 Å². The van der Waals surface area contributed by atoms with E-state index in [1.165, 1.54) is 16.8 Å². The molecule has 0 spiro atoms. The second-order valence-corrected chi connectivity index (χ2v) is 5.91. The summed E-state index contributed by atoms with van der Waals surface area (Å²) in [7, 11) is 0. The third kappa shape index (κ3) is 2.00. The van der Waals surface area contributed by atoms with E-state index in [4.69, 9.17) is 14.9 Å². The van der Waals surface area contributed by atoms with Gasteiger partial charge in [-0.1, -0.05) is 6.07 Å². The Labute approximate surface area is 129 Å². The van der Waals surface area contributed by atoms with Gasteiger partial charge in [0.05, 0.1) is 10.6 Å². The summed E-state index contributed by atoms with van der Waals surface area (Å²) in [6, 6.07) is 5.34. The summed E-state index contributed by atoms with van der Waals surface area (Å²) in [5, 5.41) is 14.9. The molecule has 22 heavy (non-hydrogen) atoms. The van der Waals surface area contributed by atoms with Gasteiger partial charge in [-0.15, -0.1) is 0 Å². The lowest BCUT2D eigenvalue weighted by atomic mass is 10.1. The van der Waals surface area contributed by atoms with Crippen molar-refractivity contribution in [3.63, 3.8) is 0 Å². The Kier molecular flexibility index (Phi) is 2.80. The van der Waals surface area contributed by atoms with Gasteiger partial charge in [0.1, 0.15) is 0 Å². The van der Waals surface area contributed by atoms with Gasteiger partial charge in [0.2, 0.25) is 12.0 Å². The monoisotopic (exact) mass is 314 g/mol. The number of hydrazone groups is 1. The van der Waals surface area contributed by atoms with Crippen LogP contribution in [-0.4, -0.2) is 33.8 Å². The first-order valence-electron chi connectivity index (χ1n) is 6.48. The molecule has 0 saturated heterocycles. The molecule has 0 aromatic heterocycles. The van der Waals surface area contributed by atoms with Crippen LogP contribution in [0.4, 0.5) is 0 Å². The van der Waals surface area contributed by atoms with Crippen molar-refractivity contribution < 1.29 is 14.3 Å². The van der Waals surface area contributed by atoms with Gasteiger partial charge in [-0.3, -0.25) is 10.2 Å². The fourth-order valence-electron chi connectivity index (χ4n) is 2.26. The summed E-state index contributed by atoms with van der Waals surface area (Å²) in [6.07, 6.45) is 1.61. The first kappa shape index (κ1) is 13.1. The number of carbonyl (C=O) groups excluding carboxylic acids is 1. The number of amidine groups is 2. The number of fused-ring (bicyclic) bond motifs is 2. The first-order valence-corrected chi connectivity index (χ1v) is 7.30. The molecule has 0 unspecified atom stereocenters. The highest BCUT2D eigenvalue weighted by Crippen LogP contribution is 2.34. The van der Waals surface area contributed by atoms with Crippen molar-refractivity contribution in [1.29, 1.82) is 5.41 Å². The summed E-state index contributed by atoms with van der Waals surface area (Å²) < 4.78 is 10.6. The average Bonchev–Trinajstić information content (AvgIpc) is 3.08. The lowest BCUT2D eigenvalue weighted by molar-refractivity contribution is -0.114. The SMILES string of the molecule is CC1=NN2C(=N)C(=Cc3ccc4c(c3)OCO4)C(=O)N=C2S1. The zero-order valence-corrected chi connectivity index (χ0v) is 12.3. The largest absolute Gasteiger partial charge is 0.454 e. The molecular weight excluding hydrogens is 304 g/mol. The van der Waals surface area contributed by atoms with Crippen LogP contribution in [-0.2, 0) is 4.79 Å². The van der Waals surface area contributed by atoms with Crippen molar-refractivity contribution in [1.82, 2.24) is 5.01 Å². The molecule has 1 aromatic carbocycles. The van der Waals surface area contributed by atoms with Crippen molar-refractivity contribution >= 4 is 39.8 Å². The molecule has 4 rings (SSSR count). The number of nitrogens with one attached hydrogen (secondary N) is 1. The minimum absolute atomic E-state index is 0.0250. The minimum atomic E-state index is -0.439. The maximum Gasteiger partial charge on any atom is 0.283 e. The Balaban J connectivity index is 1.73. The number of hydrogen-bond donors (Lipinski definition) is 1. The summed E-state index contributed by atoms with van der Waals surface area (Å²) in [5.74, 6) is 0.880. The molecule has 0 bridgehead atoms. The van der Waals surface area contributed by atoms with E-state index in [0.29, 0.717) is 16.7 Å². The van der Waals surface area contributed by atoms with Crippen LogP contribution in [0.25, 0.3) is 6.08 Å². The number of carbonyl (C=O) groups is 1. The van der Waals surface area contributed by atoms with Gasteiger partial charge >= 0.3 is 0 Å². The number of ether oxygens (including phenoxy) is 2. The molecule has 7 nitrogen and oxygen atoms in total. The molecule has 3 heterocycles. The highest BCUT2D eigenvalue weighted by Gasteiger charge is 2.34. The molecule has 8 heteroatoms. The standard InChI is InChI=1S/C14H10N4O3S/c1-7-17-18-12(15)9(13(19)16-14(18)22-7)4-8-2-3-10-11(5-8)21-6-20-10/h2-5,15H,6H2,1H3. The highest BCUT2D eigenvalue weighted by atomic mass is 32.2. The van der Waals surface area contributed by atoms with E-state index < -0.39 is 5.91 Å². The van der Waals surface area contributed by atoms with Crippen molar-refractivity contribution in [3.8, 4) is 11.5 Å². The number of aliphatic imine (C=N–C) groups is 1. The maximum absolute atomic E-state index is 12.1. The van der Waals surface area contributed by atoms with Crippen LogP contribution in [0.2, 0.25) is 0 Å². The molecular formula is C14H10N4O3S. The van der Waals surface area contributed by atoms with Crippen LogP contribution < -0.4 is 9.47 Å². The van der Waals surface area contributed by atoms with Crippen LogP contribution in [0.15, 0.2) is 33.9 Å². The normalized spacial score (nSPS) is 21.1. The van der Waals surface area contributed by atoms with Gasteiger partial charge in [-0.25, -0.2) is 0 Å². The molecule has 0 aliphatic carbocycles. The number of amides is 1. The molecule has 0 saturated carbocycles. The van der Waals surface area contributed by atoms with Gasteiger partial charge < -0.3 is 9.47 Å². The third-order valence-electron chi connectivity index (χ3n) is 3.26. The Morgan fingerprint density at radius 3 is 3.05 bits per heavy atom. The van der Waals surface area contributed by atoms with Crippen LogP contribution in [0.1, 0.15) is 12.5 Å². The number of rotatable bonds is 1. The lowest BCUT2D eigenvalue weighted by Crippen LogP contribution is -2.35. The van der Waals surface area contributed by atoms with Crippen molar-refractivity contribution in [3.05, 3.63) is 29.3 Å². The third-order valence-corrected chi connectivity index (χ3v) is 4.09. The summed E-state index contributed by atoms with van der Waals surface area (Å²) in [6.45, 7) is 2.00. The van der Waals surface area contributed by atoms with E-state index in [9.17, 15) is 4.79 Å². The maximum atomic E-state index is 12.1. The predicted octanol–water partition coefficient (Wildman–Crippen LogP) is 2.05. The molecule has 3 aliphatic rings. The second-order valence-electron chi connectivity index (χ2n) is 4.75. The smallest absolute Gasteiger partial charge is 0.283 e. The predicted molar refractivity (Wildman–Crippen MR) is 83.2 cm³/mol. The minimum Gasteiger partial charge on any atom is -0.454 e. The molecule has 0 radical (unpaired) electrons. The van der Waals surface area contributed by atoms with E-state index in [-0.39, 0.29) is 18.2 Å². The van der Waals surface area contributed by atoms with Crippen molar-refractivity contribution in [2.24, 2.45) is 10.1 Å². The number of thioether (sulfide) groups is 1. The fourth-order valence-corrected chi connectivity index (χ4v) is 2.99. The highest BCUT2D eigenvalue weighted by molar-refractivity contribution is 8.26. The van der Waals surface area contributed by atoms with Crippen LogP contribution in [0, 0.1) is 5.41 Å².